The van der Waals surface area contributed by atoms with Gasteiger partial charge in [0.1, 0.15) is 11.5 Å². The molecule has 3 aromatic rings. The highest BCUT2D eigenvalue weighted by Gasteiger charge is 2.06. The molecule has 34 heavy (non-hydrogen) atoms. The lowest BCUT2D eigenvalue weighted by atomic mass is 9.98. The molecule has 186 valence electrons. The zero-order valence-electron chi connectivity index (χ0n) is 21.5. The summed E-state index contributed by atoms with van der Waals surface area (Å²) in [5.74, 6) is 2.18. The Morgan fingerprint density at radius 2 is 0.971 bits per heavy atom. The van der Waals surface area contributed by atoms with Crippen LogP contribution in [0.3, 0.4) is 0 Å². The number of hydrogen-bond donors (Lipinski definition) is 4. The largest absolute Gasteiger partial charge is 0.508 e. The molecule has 0 aliphatic carbocycles. The minimum Gasteiger partial charge on any atom is -0.508 e. The molecule has 4 heteroatoms. The average molecular weight is 467 g/mol. The van der Waals surface area contributed by atoms with Crippen molar-refractivity contribution >= 4 is 0 Å². The van der Waals surface area contributed by atoms with Gasteiger partial charge in [-0.1, -0.05) is 71.9 Å². The molecule has 0 heterocycles. The summed E-state index contributed by atoms with van der Waals surface area (Å²) >= 11 is 0. The van der Waals surface area contributed by atoms with Crippen LogP contribution in [-0.4, -0.2) is 20.4 Å². The third-order valence-electron chi connectivity index (χ3n) is 6.31. The predicted octanol–water partition coefficient (Wildman–Crippen LogP) is 8.42. The van der Waals surface area contributed by atoms with Crippen LogP contribution in [0.15, 0.2) is 66.7 Å². The molecule has 0 spiro atoms. The Morgan fingerprint density at radius 3 is 1.44 bits per heavy atom. The number of aromatic hydroxyl groups is 4. The first kappa shape index (κ1) is 28.9. The molecule has 0 bridgehead atoms. The summed E-state index contributed by atoms with van der Waals surface area (Å²) in [5.41, 5.74) is 3.57. The SMILES string of the molecule is CCC(C)c1ccc(O)c(O)c1.CCC(C)c1ccc(O)cc1.CCC(C)c1cccc(O)c1. The highest BCUT2D eigenvalue weighted by Crippen LogP contribution is 2.29. The smallest absolute Gasteiger partial charge is 0.157 e. The minimum atomic E-state index is -0.0537. The average Bonchev–Trinajstić information content (AvgIpc) is 2.85. The van der Waals surface area contributed by atoms with Crippen LogP contribution in [-0.2, 0) is 0 Å². The summed E-state index contributed by atoms with van der Waals surface area (Å²) in [6, 6.07) is 19.9. The maximum absolute atomic E-state index is 9.19. The topological polar surface area (TPSA) is 80.9 Å². The molecule has 0 saturated heterocycles. The van der Waals surface area contributed by atoms with Crippen molar-refractivity contribution in [1.29, 1.82) is 0 Å². The lowest BCUT2D eigenvalue weighted by Gasteiger charge is -2.09. The first-order chi connectivity index (χ1) is 16.1. The van der Waals surface area contributed by atoms with Gasteiger partial charge in [0.15, 0.2) is 11.5 Å². The third kappa shape index (κ3) is 9.78. The number of benzene rings is 3. The molecule has 0 aromatic heterocycles. The fourth-order valence-electron chi connectivity index (χ4n) is 3.19. The van der Waals surface area contributed by atoms with Crippen molar-refractivity contribution in [1.82, 2.24) is 0 Å². The van der Waals surface area contributed by atoms with Crippen molar-refractivity contribution in [2.24, 2.45) is 0 Å². The maximum atomic E-state index is 9.19. The molecule has 3 aromatic carbocycles. The van der Waals surface area contributed by atoms with Crippen LogP contribution >= 0.6 is 0 Å². The van der Waals surface area contributed by atoms with Gasteiger partial charge in [-0.3, -0.25) is 0 Å². The van der Waals surface area contributed by atoms with Crippen molar-refractivity contribution in [3.63, 3.8) is 0 Å². The van der Waals surface area contributed by atoms with Crippen molar-refractivity contribution in [3.05, 3.63) is 83.4 Å². The minimum absolute atomic E-state index is 0.0344. The Hall–Kier alpha value is -3.14. The first-order valence-electron chi connectivity index (χ1n) is 12.2. The summed E-state index contributed by atoms with van der Waals surface area (Å²) in [7, 11) is 0. The van der Waals surface area contributed by atoms with Gasteiger partial charge in [0.05, 0.1) is 0 Å². The Morgan fingerprint density at radius 1 is 0.500 bits per heavy atom. The van der Waals surface area contributed by atoms with E-state index < -0.39 is 0 Å². The fourth-order valence-corrected chi connectivity index (χ4v) is 3.19. The van der Waals surface area contributed by atoms with Gasteiger partial charge in [-0.25, -0.2) is 0 Å². The Kier molecular flexibility index (Phi) is 12.7. The van der Waals surface area contributed by atoms with Crippen LogP contribution in [0.25, 0.3) is 0 Å². The van der Waals surface area contributed by atoms with E-state index in [1.165, 1.54) is 17.2 Å². The van der Waals surface area contributed by atoms with Crippen molar-refractivity contribution in [3.8, 4) is 23.0 Å². The maximum Gasteiger partial charge on any atom is 0.157 e. The van der Waals surface area contributed by atoms with Crippen LogP contribution in [0.2, 0.25) is 0 Å². The van der Waals surface area contributed by atoms with Crippen LogP contribution in [0.1, 0.15) is 95.2 Å². The van der Waals surface area contributed by atoms with E-state index >= 15 is 0 Å². The summed E-state index contributed by atoms with van der Waals surface area (Å²) < 4.78 is 0. The normalized spacial score (nSPS) is 12.9. The number of phenols is 4. The van der Waals surface area contributed by atoms with E-state index in [1.807, 2.05) is 36.4 Å². The fraction of sp³-hybridized carbons (Fsp3) is 0.400. The lowest BCUT2D eigenvalue weighted by Crippen LogP contribution is -1.89. The summed E-state index contributed by atoms with van der Waals surface area (Å²) in [5, 5.41) is 36.4. The van der Waals surface area contributed by atoms with Gasteiger partial charge in [0.2, 0.25) is 0 Å². The van der Waals surface area contributed by atoms with E-state index in [2.05, 4.69) is 41.5 Å². The van der Waals surface area contributed by atoms with Gasteiger partial charge in [-0.05, 0) is 90.1 Å². The summed E-state index contributed by atoms with van der Waals surface area (Å²) in [4.78, 5) is 0. The quantitative estimate of drug-likeness (QED) is 0.275. The van der Waals surface area contributed by atoms with E-state index in [1.54, 1.807) is 24.3 Å². The summed E-state index contributed by atoms with van der Waals surface area (Å²) in [6.07, 6.45) is 3.29. The monoisotopic (exact) mass is 466 g/mol. The zero-order valence-corrected chi connectivity index (χ0v) is 21.5. The highest BCUT2D eigenvalue weighted by atomic mass is 16.3. The zero-order chi connectivity index (χ0) is 25.7. The molecule has 4 N–H and O–H groups in total. The van der Waals surface area contributed by atoms with Gasteiger partial charge in [0, 0.05) is 0 Å². The standard InChI is InChI=1S/C10H14O2.2C10H14O/c1-3-7(2)8-4-5-9(11)10(12)6-8;1-3-8(2)9-4-6-10(11)7-5-9;1-3-8(2)9-5-4-6-10(11)7-9/h4-7,11-12H,3H2,1-2H3;2*4-8,11H,3H2,1-2H3. The van der Waals surface area contributed by atoms with Gasteiger partial charge in [0.25, 0.3) is 0 Å². The molecule has 0 amide bonds. The molecule has 0 radical (unpaired) electrons. The number of hydrogen-bond acceptors (Lipinski definition) is 4. The molecule has 3 unspecified atom stereocenters. The molecule has 3 atom stereocenters. The van der Waals surface area contributed by atoms with Gasteiger partial charge < -0.3 is 20.4 Å². The molecule has 0 saturated carbocycles. The Balaban J connectivity index is 0.000000255. The second-order valence-corrected chi connectivity index (χ2v) is 8.86. The van der Waals surface area contributed by atoms with Crippen molar-refractivity contribution in [2.75, 3.05) is 0 Å². The molecule has 3 rings (SSSR count). The lowest BCUT2D eigenvalue weighted by molar-refractivity contribution is 0.402. The summed E-state index contributed by atoms with van der Waals surface area (Å²) in [6.45, 7) is 12.8. The molecule has 0 aliphatic rings. The second kappa shape index (κ2) is 14.9. The molecule has 4 nitrogen and oxygen atoms in total. The Bertz CT molecular complexity index is 966. The molecular weight excluding hydrogens is 424 g/mol. The molecule has 0 aliphatic heterocycles. The predicted molar refractivity (Wildman–Crippen MR) is 142 cm³/mol. The number of phenolic OH excluding ortho intramolecular Hbond substituents is 4. The van der Waals surface area contributed by atoms with Gasteiger partial charge >= 0.3 is 0 Å². The first-order valence-corrected chi connectivity index (χ1v) is 12.2. The van der Waals surface area contributed by atoms with E-state index in [0.29, 0.717) is 29.3 Å². The van der Waals surface area contributed by atoms with E-state index in [0.717, 1.165) is 24.8 Å². The van der Waals surface area contributed by atoms with E-state index in [-0.39, 0.29) is 11.5 Å². The van der Waals surface area contributed by atoms with Crippen molar-refractivity contribution < 1.29 is 20.4 Å². The van der Waals surface area contributed by atoms with Crippen LogP contribution in [0.5, 0.6) is 23.0 Å². The van der Waals surface area contributed by atoms with E-state index in [4.69, 9.17) is 15.3 Å². The highest BCUT2D eigenvalue weighted by molar-refractivity contribution is 5.41. The Labute approximate surface area is 205 Å². The molecule has 0 fully saturated rings. The van der Waals surface area contributed by atoms with Crippen LogP contribution in [0, 0.1) is 0 Å². The van der Waals surface area contributed by atoms with E-state index in [9.17, 15) is 5.11 Å². The molecular formula is C30H42O4. The second-order valence-electron chi connectivity index (χ2n) is 8.86. The van der Waals surface area contributed by atoms with Gasteiger partial charge in [-0.2, -0.15) is 0 Å². The van der Waals surface area contributed by atoms with Crippen molar-refractivity contribution in [2.45, 2.75) is 78.6 Å². The van der Waals surface area contributed by atoms with Gasteiger partial charge in [-0.15, -0.1) is 0 Å². The number of rotatable bonds is 6. The van der Waals surface area contributed by atoms with Crippen LogP contribution < -0.4 is 0 Å². The van der Waals surface area contributed by atoms with Crippen LogP contribution in [0.4, 0.5) is 0 Å². The third-order valence-corrected chi connectivity index (χ3v) is 6.31.